The van der Waals surface area contributed by atoms with Gasteiger partial charge in [-0.05, 0) is 39.5 Å². The van der Waals surface area contributed by atoms with Crippen LogP contribution in [0.3, 0.4) is 0 Å². The van der Waals surface area contributed by atoms with Crippen molar-refractivity contribution in [1.82, 2.24) is 0 Å². The summed E-state index contributed by atoms with van der Waals surface area (Å²) in [5, 5.41) is 0. The summed E-state index contributed by atoms with van der Waals surface area (Å²) in [6.07, 6.45) is 1.57. The summed E-state index contributed by atoms with van der Waals surface area (Å²) in [7, 11) is 0. The predicted octanol–water partition coefficient (Wildman–Crippen LogP) is 2.72. The van der Waals surface area contributed by atoms with Gasteiger partial charge in [-0.2, -0.15) is 0 Å². The lowest BCUT2D eigenvalue weighted by molar-refractivity contribution is -0.177. The predicted molar refractivity (Wildman–Crippen MR) is 72.4 cm³/mol. The first-order chi connectivity index (χ1) is 8.92. The highest BCUT2D eigenvalue weighted by molar-refractivity contribution is 6.01. The Labute approximate surface area is 115 Å². The molecular weight excluding hydrogens is 244 g/mol. The highest BCUT2D eigenvalue weighted by Crippen LogP contribution is 2.52. The van der Waals surface area contributed by atoms with Crippen LogP contribution < -0.4 is 0 Å². The molecule has 0 aliphatic heterocycles. The van der Waals surface area contributed by atoms with Crippen molar-refractivity contribution >= 4 is 11.9 Å². The minimum atomic E-state index is -1.21. The van der Waals surface area contributed by atoms with Crippen molar-refractivity contribution in [1.29, 1.82) is 0 Å². The van der Waals surface area contributed by atoms with Crippen LogP contribution >= 0.6 is 0 Å². The number of hydrogen-bond donors (Lipinski definition) is 0. The van der Waals surface area contributed by atoms with Gasteiger partial charge in [-0.15, -0.1) is 0 Å². The monoisotopic (exact) mass is 268 g/mol. The molecule has 0 bridgehead atoms. The molecule has 108 valence electrons. The van der Waals surface area contributed by atoms with E-state index in [9.17, 15) is 9.59 Å². The average molecular weight is 268 g/mol. The van der Waals surface area contributed by atoms with Gasteiger partial charge in [0.15, 0.2) is 5.41 Å². The van der Waals surface area contributed by atoms with Crippen LogP contribution in [0.15, 0.2) is 12.2 Å². The molecule has 1 aliphatic rings. The molecule has 1 saturated carbocycles. The quantitative estimate of drug-likeness (QED) is 0.437. The molecule has 2 atom stereocenters. The van der Waals surface area contributed by atoms with Crippen molar-refractivity contribution in [2.24, 2.45) is 17.3 Å². The molecule has 0 spiro atoms. The van der Waals surface area contributed by atoms with E-state index in [4.69, 9.17) is 9.47 Å². The SMILES string of the molecule is C=C(C)[C@@H]1CC[C@H](C)C1(C(=O)OCC)C(=O)OCC. The normalized spacial score (nSPS) is 24.8. The fraction of sp³-hybridized carbons (Fsp3) is 0.733. The highest BCUT2D eigenvalue weighted by atomic mass is 16.6. The molecule has 0 aromatic carbocycles. The number of carbonyl (C=O) groups is 2. The number of esters is 2. The highest BCUT2D eigenvalue weighted by Gasteiger charge is 2.61. The van der Waals surface area contributed by atoms with E-state index < -0.39 is 17.4 Å². The fourth-order valence-corrected chi connectivity index (χ4v) is 3.12. The van der Waals surface area contributed by atoms with E-state index >= 15 is 0 Å². The first kappa shape index (κ1) is 15.7. The number of hydrogen-bond acceptors (Lipinski definition) is 4. The Bertz CT molecular complexity index is 354. The third-order valence-corrected chi connectivity index (χ3v) is 4.04. The van der Waals surface area contributed by atoms with Crippen molar-refractivity contribution in [2.75, 3.05) is 13.2 Å². The zero-order valence-corrected chi connectivity index (χ0v) is 12.3. The number of allylic oxidation sites excluding steroid dienone is 1. The molecule has 1 aliphatic carbocycles. The molecule has 1 fully saturated rings. The number of rotatable bonds is 5. The molecule has 0 aromatic rings. The van der Waals surface area contributed by atoms with Crippen LogP contribution in [0.4, 0.5) is 0 Å². The number of carbonyl (C=O) groups excluding carboxylic acids is 2. The van der Waals surface area contributed by atoms with Gasteiger partial charge in [0.05, 0.1) is 13.2 Å². The van der Waals surface area contributed by atoms with Crippen LogP contribution in [0.1, 0.15) is 40.5 Å². The average Bonchev–Trinajstić information content (AvgIpc) is 2.68. The molecular formula is C15H24O4. The second kappa shape index (κ2) is 6.22. The third kappa shape index (κ3) is 2.53. The maximum Gasteiger partial charge on any atom is 0.324 e. The van der Waals surface area contributed by atoms with Gasteiger partial charge in [0.25, 0.3) is 0 Å². The molecule has 0 heterocycles. The second-order valence-corrected chi connectivity index (χ2v) is 5.19. The van der Waals surface area contributed by atoms with Gasteiger partial charge in [0, 0.05) is 5.92 Å². The van der Waals surface area contributed by atoms with Gasteiger partial charge in [-0.1, -0.05) is 19.1 Å². The first-order valence-electron chi connectivity index (χ1n) is 6.92. The molecule has 0 N–H and O–H groups in total. The summed E-state index contributed by atoms with van der Waals surface area (Å²) < 4.78 is 10.3. The van der Waals surface area contributed by atoms with E-state index in [2.05, 4.69) is 6.58 Å². The minimum Gasteiger partial charge on any atom is -0.465 e. The second-order valence-electron chi connectivity index (χ2n) is 5.19. The van der Waals surface area contributed by atoms with Crippen molar-refractivity contribution in [3.8, 4) is 0 Å². The fourth-order valence-electron chi connectivity index (χ4n) is 3.12. The first-order valence-corrected chi connectivity index (χ1v) is 6.92. The topological polar surface area (TPSA) is 52.6 Å². The lowest BCUT2D eigenvalue weighted by atomic mass is 9.70. The van der Waals surface area contributed by atoms with Crippen LogP contribution in [-0.2, 0) is 19.1 Å². The van der Waals surface area contributed by atoms with Crippen molar-refractivity contribution < 1.29 is 19.1 Å². The lowest BCUT2D eigenvalue weighted by Crippen LogP contribution is -2.49. The van der Waals surface area contributed by atoms with Gasteiger partial charge in [-0.25, -0.2) is 0 Å². The van der Waals surface area contributed by atoms with Gasteiger partial charge in [0.1, 0.15) is 0 Å². The van der Waals surface area contributed by atoms with E-state index in [0.717, 1.165) is 18.4 Å². The molecule has 4 heteroatoms. The summed E-state index contributed by atoms with van der Waals surface area (Å²) in [5.41, 5.74) is -0.372. The zero-order chi connectivity index (χ0) is 14.6. The lowest BCUT2D eigenvalue weighted by Gasteiger charge is -2.34. The van der Waals surface area contributed by atoms with Crippen LogP contribution in [0, 0.1) is 17.3 Å². The van der Waals surface area contributed by atoms with E-state index in [1.54, 1.807) is 13.8 Å². The molecule has 0 aromatic heterocycles. The summed E-state index contributed by atoms with van der Waals surface area (Å²) >= 11 is 0. The zero-order valence-electron chi connectivity index (χ0n) is 12.3. The molecule has 19 heavy (non-hydrogen) atoms. The van der Waals surface area contributed by atoms with Crippen LogP contribution in [-0.4, -0.2) is 25.2 Å². The van der Waals surface area contributed by atoms with Crippen molar-refractivity contribution in [3.63, 3.8) is 0 Å². The number of ether oxygens (including phenoxy) is 2. The molecule has 0 unspecified atom stereocenters. The molecule has 4 nitrogen and oxygen atoms in total. The van der Waals surface area contributed by atoms with Crippen LogP contribution in [0.5, 0.6) is 0 Å². The van der Waals surface area contributed by atoms with E-state index in [1.165, 1.54) is 0 Å². The maximum atomic E-state index is 12.4. The van der Waals surface area contributed by atoms with E-state index in [0.29, 0.717) is 0 Å². The molecule has 1 rings (SSSR count). The van der Waals surface area contributed by atoms with Crippen molar-refractivity contribution in [2.45, 2.75) is 40.5 Å². The Hall–Kier alpha value is -1.32. The van der Waals surface area contributed by atoms with E-state index in [-0.39, 0.29) is 25.0 Å². The summed E-state index contributed by atoms with van der Waals surface area (Å²) in [6, 6.07) is 0. The Balaban J connectivity index is 3.26. The summed E-state index contributed by atoms with van der Waals surface area (Å²) in [4.78, 5) is 24.9. The van der Waals surface area contributed by atoms with E-state index in [1.807, 2.05) is 13.8 Å². The third-order valence-electron chi connectivity index (χ3n) is 4.04. The minimum absolute atomic E-state index is 0.0905. The van der Waals surface area contributed by atoms with Crippen LogP contribution in [0.2, 0.25) is 0 Å². The van der Waals surface area contributed by atoms with Gasteiger partial charge in [-0.3, -0.25) is 9.59 Å². The van der Waals surface area contributed by atoms with Crippen LogP contribution in [0.25, 0.3) is 0 Å². The maximum absolute atomic E-state index is 12.4. The summed E-state index contributed by atoms with van der Waals surface area (Å²) in [5.74, 6) is -1.22. The largest absolute Gasteiger partial charge is 0.465 e. The Morgan fingerprint density at radius 2 is 1.63 bits per heavy atom. The Morgan fingerprint density at radius 3 is 2.00 bits per heavy atom. The van der Waals surface area contributed by atoms with Gasteiger partial charge >= 0.3 is 11.9 Å². The van der Waals surface area contributed by atoms with Gasteiger partial charge < -0.3 is 9.47 Å². The Morgan fingerprint density at radius 1 is 1.16 bits per heavy atom. The summed E-state index contributed by atoms with van der Waals surface area (Å²) in [6.45, 7) is 11.7. The molecule has 0 amide bonds. The smallest absolute Gasteiger partial charge is 0.324 e. The molecule has 0 radical (unpaired) electrons. The Kier molecular flexibility index (Phi) is 5.15. The van der Waals surface area contributed by atoms with Gasteiger partial charge in [0.2, 0.25) is 0 Å². The molecule has 0 saturated heterocycles. The van der Waals surface area contributed by atoms with Crippen molar-refractivity contribution in [3.05, 3.63) is 12.2 Å². The standard InChI is InChI=1S/C15H24O4/c1-6-18-13(16)15(14(17)19-7-2)11(5)8-9-12(15)10(3)4/h11-12H,3,6-9H2,1-2,4-5H3/t11-,12-/m0/s1.